The number of fused-ring (bicyclic) bond motifs is 2. The molecule has 0 N–H and O–H groups in total. The fraction of sp³-hybridized carbons (Fsp3) is 0.455. The summed E-state index contributed by atoms with van der Waals surface area (Å²) in [5.41, 5.74) is 2.32. The molecule has 0 unspecified atom stereocenters. The van der Waals surface area contributed by atoms with E-state index in [-0.39, 0.29) is 22.4 Å². The largest absolute Gasteiger partial charge is 0.494 e. The quantitative estimate of drug-likeness (QED) is 0.158. The van der Waals surface area contributed by atoms with E-state index in [4.69, 9.17) is 51.1 Å². The van der Waals surface area contributed by atoms with Gasteiger partial charge in [-0.1, -0.05) is 51.3 Å². The first kappa shape index (κ1) is 46.7. The Hall–Kier alpha value is -3.31. The van der Waals surface area contributed by atoms with Gasteiger partial charge in [0.2, 0.25) is 0 Å². The number of benzene rings is 2. The van der Waals surface area contributed by atoms with Crippen molar-refractivity contribution < 1.29 is 27.9 Å². The Morgan fingerprint density at radius 1 is 0.516 bits per heavy atom. The summed E-state index contributed by atoms with van der Waals surface area (Å²) < 4.78 is 40.7. The fourth-order valence-electron chi connectivity index (χ4n) is 6.93. The smallest absolute Gasteiger partial charge is 0.405 e. The molecule has 0 bridgehead atoms. The zero-order chi connectivity index (χ0) is 45.4. The van der Waals surface area contributed by atoms with Crippen LogP contribution in [0.5, 0.6) is 0 Å². The second-order valence-electron chi connectivity index (χ2n) is 19.0. The molecule has 3 aliphatic heterocycles. The van der Waals surface area contributed by atoms with Gasteiger partial charge in [0.15, 0.2) is 11.6 Å². The number of aromatic nitrogens is 6. The fourth-order valence-corrected chi connectivity index (χ4v) is 8.04. The first-order chi connectivity index (χ1) is 28.7. The van der Waals surface area contributed by atoms with E-state index in [2.05, 4.69) is 36.1 Å². The maximum Gasteiger partial charge on any atom is 0.494 e. The van der Waals surface area contributed by atoms with Crippen LogP contribution >= 0.6 is 39.1 Å². The summed E-state index contributed by atoms with van der Waals surface area (Å²) in [7, 11) is -1.43. The van der Waals surface area contributed by atoms with E-state index < -0.39 is 32.3 Å². The summed E-state index contributed by atoms with van der Waals surface area (Å²) in [6.07, 6.45) is 3.52. The Balaban J connectivity index is 0.000000144. The van der Waals surface area contributed by atoms with Crippen molar-refractivity contribution in [3.8, 4) is 11.6 Å². The SMILES string of the molecule is CC1(C)OB(B2OC(C)(C)C(C)(C)O2)OC1(C)C.Cc1cccc(-n2ncc3c(Cl)cc(B4OC(C)(C)C(C)(C)O4)cc32)n1.Cc1cccc(-n2ncc3c(Cl)cc(Br)cc32)n1. The van der Waals surface area contributed by atoms with Crippen LogP contribution in [-0.4, -0.2) is 84.3 Å². The molecule has 6 aromatic rings. The lowest BCUT2D eigenvalue weighted by Gasteiger charge is -2.32. The molecule has 0 aliphatic carbocycles. The summed E-state index contributed by atoms with van der Waals surface area (Å²) in [6, 6.07) is 19.4. The number of rotatable bonds is 4. The van der Waals surface area contributed by atoms with Crippen LogP contribution in [0.15, 0.2) is 77.5 Å². The predicted octanol–water partition coefficient (Wildman–Crippen LogP) is 10.1. The topological polar surface area (TPSA) is 117 Å². The minimum Gasteiger partial charge on any atom is -0.405 e. The third-order valence-electron chi connectivity index (χ3n) is 12.7. The molecule has 3 aliphatic rings. The van der Waals surface area contributed by atoms with Crippen molar-refractivity contribution in [2.75, 3.05) is 0 Å². The molecular weight excluding hydrogens is 892 g/mol. The lowest BCUT2D eigenvalue weighted by Crippen LogP contribution is -2.41. The number of halogens is 3. The van der Waals surface area contributed by atoms with E-state index in [1.165, 1.54) is 0 Å². The van der Waals surface area contributed by atoms with Crippen molar-refractivity contribution in [1.82, 2.24) is 29.5 Å². The van der Waals surface area contributed by atoms with Gasteiger partial charge in [-0.2, -0.15) is 10.2 Å². The lowest BCUT2D eigenvalue weighted by molar-refractivity contribution is 0.00578. The van der Waals surface area contributed by atoms with Crippen molar-refractivity contribution in [3.05, 3.63) is 99.0 Å². The average Bonchev–Trinajstić information content (AvgIpc) is 3.92. The monoisotopic (exact) mass is 944 g/mol. The van der Waals surface area contributed by atoms with Gasteiger partial charge < -0.3 is 27.9 Å². The Labute approximate surface area is 384 Å². The Morgan fingerprint density at radius 2 is 0.887 bits per heavy atom. The van der Waals surface area contributed by atoms with Crippen molar-refractivity contribution >= 4 is 87.5 Å². The lowest BCUT2D eigenvalue weighted by atomic mass is 9.49. The highest BCUT2D eigenvalue weighted by molar-refractivity contribution is 9.10. The molecule has 12 nitrogen and oxygen atoms in total. The predicted molar refractivity (Wildman–Crippen MR) is 253 cm³/mol. The van der Waals surface area contributed by atoms with Crippen LogP contribution in [-0.2, 0) is 27.9 Å². The number of pyridine rings is 2. The molecule has 0 spiro atoms. The Morgan fingerprint density at radius 3 is 1.29 bits per heavy atom. The highest BCUT2D eigenvalue weighted by Gasteiger charge is 2.63. The molecule has 0 amide bonds. The standard InChI is InChI=1S/C19H21BClN3O2.C13H9BrClN3.C12H24B2O4/c1-12-7-6-8-17(23-12)24-16-10-13(9-15(21)14(16)11-22-24)20-25-18(2,3)19(4,5)26-20;1-8-3-2-4-13(17-8)18-12-6-9(14)5-11(15)10(12)7-16-18;1-9(2)10(3,4)16-13(15-9)14-17-11(5,6)12(7,8)18-14/h6-11H,1-5H3;2-7H,1H3;1-8H3. The van der Waals surface area contributed by atoms with E-state index in [0.29, 0.717) is 10.0 Å². The van der Waals surface area contributed by atoms with Crippen LogP contribution in [0.3, 0.4) is 0 Å². The van der Waals surface area contributed by atoms with Gasteiger partial charge in [0, 0.05) is 26.6 Å². The van der Waals surface area contributed by atoms with Gasteiger partial charge in [0.25, 0.3) is 0 Å². The third-order valence-corrected chi connectivity index (χ3v) is 13.8. The molecule has 0 saturated carbocycles. The van der Waals surface area contributed by atoms with E-state index in [1.54, 1.807) is 21.8 Å². The van der Waals surface area contributed by atoms with Crippen LogP contribution in [0.4, 0.5) is 0 Å². The molecule has 2 aromatic carbocycles. The van der Waals surface area contributed by atoms with Crippen LogP contribution in [0.2, 0.25) is 10.0 Å². The van der Waals surface area contributed by atoms with E-state index >= 15 is 0 Å². The van der Waals surface area contributed by atoms with Gasteiger partial charge in [-0.3, -0.25) is 0 Å². The van der Waals surface area contributed by atoms with Gasteiger partial charge in [0.05, 0.1) is 67.1 Å². The van der Waals surface area contributed by atoms with Gasteiger partial charge in [0.1, 0.15) is 0 Å². The number of aryl methyl sites for hydroxylation is 2. The number of nitrogens with zero attached hydrogens (tertiary/aromatic N) is 6. The molecule has 326 valence electrons. The molecule has 3 fully saturated rings. The van der Waals surface area contributed by atoms with Crippen molar-refractivity contribution in [3.63, 3.8) is 0 Å². The van der Waals surface area contributed by atoms with Gasteiger partial charge in [-0.05, 0) is 151 Å². The van der Waals surface area contributed by atoms with Crippen LogP contribution in [0.25, 0.3) is 33.4 Å². The zero-order valence-corrected chi connectivity index (χ0v) is 41.0. The first-order valence-electron chi connectivity index (χ1n) is 20.7. The van der Waals surface area contributed by atoms with E-state index in [9.17, 15) is 0 Å². The molecule has 0 radical (unpaired) electrons. The molecule has 7 heterocycles. The molecule has 3 saturated heterocycles. The van der Waals surface area contributed by atoms with E-state index in [0.717, 1.165) is 54.8 Å². The highest BCUT2D eigenvalue weighted by atomic mass is 79.9. The average molecular weight is 946 g/mol. The van der Waals surface area contributed by atoms with Gasteiger partial charge in [-0.15, -0.1) is 0 Å². The van der Waals surface area contributed by atoms with Crippen LogP contribution < -0.4 is 5.46 Å². The van der Waals surface area contributed by atoms with Crippen LogP contribution in [0.1, 0.15) is 94.5 Å². The number of hydrogen-bond acceptors (Lipinski definition) is 10. The van der Waals surface area contributed by atoms with Gasteiger partial charge >= 0.3 is 21.1 Å². The summed E-state index contributed by atoms with van der Waals surface area (Å²) in [5, 5.41) is 11.9. The normalized spacial score (nSPS) is 20.3. The summed E-state index contributed by atoms with van der Waals surface area (Å²) in [4.78, 5) is 9.03. The molecule has 62 heavy (non-hydrogen) atoms. The molecule has 18 heteroatoms. The summed E-state index contributed by atoms with van der Waals surface area (Å²) in [5.74, 6) is 1.54. The first-order valence-corrected chi connectivity index (χ1v) is 22.2. The van der Waals surface area contributed by atoms with Crippen molar-refractivity contribution in [1.29, 1.82) is 0 Å². The van der Waals surface area contributed by atoms with Gasteiger partial charge in [-0.25, -0.2) is 19.3 Å². The molecular formula is C44H54B3BrCl2N6O6. The summed E-state index contributed by atoms with van der Waals surface area (Å²) in [6.45, 7) is 28.3. The molecule has 4 aromatic heterocycles. The maximum atomic E-state index is 6.53. The van der Waals surface area contributed by atoms with Crippen molar-refractivity contribution in [2.45, 2.75) is 131 Å². The Bertz CT molecular complexity index is 2550. The van der Waals surface area contributed by atoms with Crippen LogP contribution in [0, 0.1) is 13.8 Å². The minimum absolute atomic E-state index is 0.360. The second-order valence-corrected chi connectivity index (χ2v) is 20.7. The Kier molecular flexibility index (Phi) is 12.5. The van der Waals surface area contributed by atoms with Crippen molar-refractivity contribution in [2.24, 2.45) is 0 Å². The maximum absolute atomic E-state index is 6.53. The molecule has 9 rings (SSSR count). The molecule has 0 atom stereocenters. The summed E-state index contributed by atoms with van der Waals surface area (Å²) >= 11 is 16.2. The third kappa shape index (κ3) is 9.01. The minimum atomic E-state index is -0.476. The highest BCUT2D eigenvalue weighted by Crippen LogP contribution is 2.43. The second kappa shape index (κ2) is 16.6. The number of hydrogen-bond donors (Lipinski definition) is 0. The van der Waals surface area contributed by atoms with E-state index in [1.807, 2.05) is 158 Å². The zero-order valence-electron chi connectivity index (χ0n) is 37.9.